The number of thioether (sulfide) groups is 1. The molecule has 9 heteroatoms. The predicted octanol–water partition coefficient (Wildman–Crippen LogP) is 0.213. The van der Waals surface area contributed by atoms with E-state index in [0.717, 1.165) is 34.3 Å². The number of benzene rings is 1. The molecular weight excluding hydrogens is 372 g/mol. The number of ether oxygens (including phenoxy) is 2. The van der Waals surface area contributed by atoms with Gasteiger partial charge in [-0.2, -0.15) is 0 Å². The minimum Gasteiger partial charge on any atom is -0.497 e. The number of aliphatic hydroxyl groups is 4. The smallest absolute Gasteiger partial charge is 0.237 e. The fourth-order valence-electron chi connectivity index (χ4n) is 2.96. The number of aromatic nitrogens is 2. The molecule has 2 heterocycles. The molecule has 8 nitrogen and oxygen atoms in total. The van der Waals surface area contributed by atoms with Gasteiger partial charge in [-0.05, 0) is 24.6 Å². The largest absolute Gasteiger partial charge is 0.497 e. The molecular formula is C18H24N2O6S. The van der Waals surface area contributed by atoms with Gasteiger partial charge in [-0.1, -0.05) is 12.1 Å². The molecule has 0 radical (unpaired) electrons. The third kappa shape index (κ3) is 4.22. The zero-order valence-corrected chi connectivity index (χ0v) is 15.9. The summed E-state index contributed by atoms with van der Waals surface area (Å²) in [6.45, 7) is 1.53. The van der Waals surface area contributed by atoms with Crippen LogP contribution in [0, 0.1) is 6.92 Å². The van der Waals surface area contributed by atoms with Crippen LogP contribution in [0.2, 0.25) is 0 Å². The maximum absolute atomic E-state index is 10.2. The molecule has 0 saturated carbocycles. The Balaban J connectivity index is 1.77. The van der Waals surface area contributed by atoms with Crippen molar-refractivity contribution in [1.82, 2.24) is 10.2 Å². The molecule has 148 valence electrons. The SMILES string of the molecule is COc1ccc(Cc2c(O[C@@H]3S[C@H](CO)[C@@H](O)[C@H](O)[C@H]3O)n[nH]c2C)cc1. The van der Waals surface area contributed by atoms with Crippen LogP contribution in [0.3, 0.4) is 0 Å². The average molecular weight is 396 g/mol. The maximum Gasteiger partial charge on any atom is 0.237 e. The van der Waals surface area contributed by atoms with Gasteiger partial charge >= 0.3 is 0 Å². The van der Waals surface area contributed by atoms with Gasteiger partial charge in [0.05, 0.1) is 25.1 Å². The molecule has 2 aromatic rings. The summed E-state index contributed by atoms with van der Waals surface area (Å²) in [6.07, 6.45) is -3.38. The lowest BCUT2D eigenvalue weighted by Gasteiger charge is -2.38. The average Bonchev–Trinajstić information content (AvgIpc) is 3.02. The van der Waals surface area contributed by atoms with Crippen LogP contribution >= 0.6 is 11.8 Å². The van der Waals surface area contributed by atoms with Crippen molar-refractivity contribution in [3.63, 3.8) is 0 Å². The van der Waals surface area contributed by atoms with Gasteiger partial charge in [-0.15, -0.1) is 16.9 Å². The van der Waals surface area contributed by atoms with Gasteiger partial charge in [-0.25, -0.2) is 0 Å². The normalized spacial score (nSPS) is 28.1. The lowest BCUT2D eigenvalue weighted by atomic mass is 10.0. The minimum atomic E-state index is -1.40. The number of aromatic amines is 1. The van der Waals surface area contributed by atoms with Gasteiger partial charge in [0.15, 0.2) is 5.44 Å². The van der Waals surface area contributed by atoms with E-state index in [1.165, 1.54) is 0 Å². The van der Waals surface area contributed by atoms with E-state index in [4.69, 9.17) is 9.47 Å². The van der Waals surface area contributed by atoms with E-state index >= 15 is 0 Å². The molecule has 1 fully saturated rings. The van der Waals surface area contributed by atoms with E-state index in [1.54, 1.807) is 7.11 Å². The van der Waals surface area contributed by atoms with E-state index in [1.807, 2.05) is 31.2 Å². The molecule has 3 rings (SSSR count). The van der Waals surface area contributed by atoms with Crippen LogP contribution < -0.4 is 9.47 Å². The van der Waals surface area contributed by atoms with Crippen molar-refractivity contribution in [2.45, 2.75) is 42.3 Å². The second-order valence-electron chi connectivity index (χ2n) is 6.47. The van der Waals surface area contributed by atoms with Crippen LogP contribution in [0.25, 0.3) is 0 Å². The van der Waals surface area contributed by atoms with Crippen molar-refractivity contribution < 1.29 is 29.9 Å². The van der Waals surface area contributed by atoms with Gasteiger partial charge in [0.25, 0.3) is 0 Å². The van der Waals surface area contributed by atoms with Crippen LogP contribution in [-0.2, 0) is 6.42 Å². The summed E-state index contributed by atoms with van der Waals surface area (Å²) in [7, 11) is 1.61. The Morgan fingerprint density at radius 2 is 1.81 bits per heavy atom. The van der Waals surface area contributed by atoms with E-state index in [9.17, 15) is 20.4 Å². The maximum atomic E-state index is 10.2. The highest BCUT2D eigenvalue weighted by atomic mass is 32.2. The first-order chi connectivity index (χ1) is 12.9. The molecule has 0 amide bonds. The Morgan fingerprint density at radius 1 is 1.11 bits per heavy atom. The van der Waals surface area contributed by atoms with Crippen LogP contribution in [0.15, 0.2) is 24.3 Å². The topological polar surface area (TPSA) is 128 Å². The molecule has 0 spiro atoms. The van der Waals surface area contributed by atoms with Gasteiger partial charge in [-0.3, -0.25) is 5.10 Å². The van der Waals surface area contributed by atoms with Gasteiger partial charge in [0.2, 0.25) is 5.88 Å². The second kappa shape index (κ2) is 8.49. The summed E-state index contributed by atoms with van der Waals surface area (Å²) in [4.78, 5) is 0. The van der Waals surface area contributed by atoms with E-state index in [0.29, 0.717) is 12.3 Å². The highest BCUT2D eigenvalue weighted by molar-refractivity contribution is 8.00. The summed E-state index contributed by atoms with van der Waals surface area (Å²) >= 11 is 1.07. The number of hydrogen-bond acceptors (Lipinski definition) is 8. The summed E-state index contributed by atoms with van der Waals surface area (Å²) in [5.74, 6) is 1.09. The van der Waals surface area contributed by atoms with Crippen molar-refractivity contribution in [1.29, 1.82) is 0 Å². The Bertz CT molecular complexity index is 751. The molecule has 1 saturated heterocycles. The number of H-pyrrole nitrogens is 1. The number of methoxy groups -OCH3 is 1. The minimum absolute atomic E-state index is 0.320. The first-order valence-electron chi connectivity index (χ1n) is 8.58. The number of hydrogen-bond donors (Lipinski definition) is 5. The Morgan fingerprint density at radius 3 is 2.44 bits per heavy atom. The number of nitrogens with zero attached hydrogens (tertiary/aromatic N) is 1. The summed E-state index contributed by atoms with van der Waals surface area (Å²) in [6, 6.07) is 7.63. The first-order valence-corrected chi connectivity index (χ1v) is 9.52. The molecule has 0 bridgehead atoms. The van der Waals surface area contributed by atoms with Crippen LogP contribution in [0.1, 0.15) is 16.8 Å². The Kier molecular flexibility index (Phi) is 6.28. The molecule has 0 aliphatic carbocycles. The van der Waals surface area contributed by atoms with Crippen molar-refractivity contribution in [2.24, 2.45) is 0 Å². The van der Waals surface area contributed by atoms with E-state index < -0.39 is 29.0 Å². The van der Waals surface area contributed by atoms with Crippen molar-refractivity contribution in [3.8, 4) is 11.6 Å². The second-order valence-corrected chi connectivity index (χ2v) is 7.81. The predicted molar refractivity (Wildman–Crippen MR) is 100 cm³/mol. The lowest BCUT2D eigenvalue weighted by molar-refractivity contribution is -0.0915. The van der Waals surface area contributed by atoms with Gasteiger partial charge in [0, 0.05) is 17.7 Å². The monoisotopic (exact) mass is 396 g/mol. The van der Waals surface area contributed by atoms with E-state index in [2.05, 4.69) is 10.2 Å². The fraction of sp³-hybridized carbons (Fsp3) is 0.500. The van der Waals surface area contributed by atoms with Crippen LogP contribution in [0.4, 0.5) is 0 Å². The standard InChI is InChI=1S/C18H24N2O6S/c1-9-12(7-10-3-5-11(25-2)6-4-10)17(20-19-9)26-18-16(24)15(23)14(22)13(8-21)27-18/h3-6,13-16,18,21-24H,7-8H2,1-2H3,(H,19,20)/t13-,14-,15+,16-,18-/m1/s1. The number of rotatable bonds is 6. The molecule has 27 heavy (non-hydrogen) atoms. The molecule has 1 aliphatic rings. The third-order valence-electron chi connectivity index (χ3n) is 4.65. The zero-order valence-electron chi connectivity index (χ0n) is 15.1. The molecule has 1 aliphatic heterocycles. The fourth-order valence-corrected chi connectivity index (χ4v) is 4.18. The first kappa shape index (κ1) is 20.0. The number of nitrogens with one attached hydrogen (secondary N) is 1. The third-order valence-corrected chi connectivity index (χ3v) is 6.07. The van der Waals surface area contributed by atoms with Gasteiger partial charge in [0.1, 0.15) is 18.0 Å². The van der Waals surface area contributed by atoms with Crippen molar-refractivity contribution in [2.75, 3.05) is 13.7 Å². The van der Waals surface area contributed by atoms with E-state index in [-0.39, 0.29) is 6.61 Å². The van der Waals surface area contributed by atoms with Crippen LogP contribution in [0.5, 0.6) is 11.6 Å². The quantitative estimate of drug-likeness (QED) is 0.469. The Hall–Kier alpha value is -1.78. The summed E-state index contributed by atoms with van der Waals surface area (Å²) in [5, 5.41) is 45.9. The van der Waals surface area contributed by atoms with Crippen LogP contribution in [-0.4, -0.2) is 73.3 Å². The zero-order chi connectivity index (χ0) is 19.6. The van der Waals surface area contributed by atoms with Crippen molar-refractivity contribution in [3.05, 3.63) is 41.1 Å². The van der Waals surface area contributed by atoms with Crippen molar-refractivity contribution >= 4 is 11.8 Å². The summed E-state index contributed by atoms with van der Waals surface area (Å²) in [5.41, 5.74) is 1.83. The lowest BCUT2D eigenvalue weighted by Crippen LogP contribution is -2.55. The number of aryl methyl sites for hydroxylation is 1. The number of aliphatic hydroxyl groups excluding tert-OH is 4. The summed E-state index contributed by atoms with van der Waals surface area (Å²) < 4.78 is 11.0. The molecule has 0 unspecified atom stereocenters. The molecule has 5 N–H and O–H groups in total. The Labute approximate surface area is 161 Å². The molecule has 1 aromatic carbocycles. The highest BCUT2D eigenvalue weighted by Gasteiger charge is 2.44. The molecule has 1 aromatic heterocycles. The van der Waals surface area contributed by atoms with Gasteiger partial charge < -0.3 is 29.9 Å². The molecule has 5 atom stereocenters. The highest BCUT2D eigenvalue weighted by Crippen LogP contribution is 2.35.